The summed E-state index contributed by atoms with van der Waals surface area (Å²) in [5.41, 5.74) is 0.225. The van der Waals surface area contributed by atoms with Gasteiger partial charge >= 0.3 is 13.5 Å². The Labute approximate surface area is 117 Å². The van der Waals surface area contributed by atoms with Crippen LogP contribution in [0.3, 0.4) is 0 Å². The first-order valence-corrected chi connectivity index (χ1v) is 7.29. The van der Waals surface area contributed by atoms with Crippen molar-refractivity contribution in [3.8, 4) is 5.75 Å². The zero-order valence-corrected chi connectivity index (χ0v) is 13.0. The molecule has 0 N–H and O–H groups in total. The molecule has 0 amide bonds. The highest BCUT2D eigenvalue weighted by atomic mass is 31.2. The largest absolute Gasteiger partial charge is 0.529 e. The quantitative estimate of drug-likeness (QED) is 0.468. The molecule has 20 heavy (non-hydrogen) atoms. The summed E-state index contributed by atoms with van der Waals surface area (Å²) in [7, 11) is -1.55. The van der Waals surface area contributed by atoms with Crippen LogP contribution in [0.15, 0.2) is 18.2 Å². The fourth-order valence-electron chi connectivity index (χ4n) is 1.47. The zero-order chi connectivity index (χ0) is 15.6. The average molecular weight is 303 g/mol. The standard InChI is InChI=1S/C12H18NO6P/c1-12(2,3)9-6-7-11(10(8-9)13(14)15)19-20(16,17-4)18-5/h6-8H,1-5H3. The highest BCUT2D eigenvalue weighted by molar-refractivity contribution is 7.48. The van der Waals surface area contributed by atoms with E-state index in [1.165, 1.54) is 12.1 Å². The van der Waals surface area contributed by atoms with Gasteiger partial charge in [-0.05, 0) is 17.0 Å². The number of rotatable bonds is 5. The van der Waals surface area contributed by atoms with Crippen molar-refractivity contribution >= 4 is 13.5 Å². The number of nitrogens with zero attached hydrogens (tertiary/aromatic N) is 1. The molecule has 0 aromatic heterocycles. The number of phosphoric ester groups is 1. The lowest BCUT2D eigenvalue weighted by atomic mass is 9.87. The molecule has 112 valence electrons. The van der Waals surface area contributed by atoms with Gasteiger partial charge < -0.3 is 4.52 Å². The van der Waals surface area contributed by atoms with Gasteiger partial charge in [0.2, 0.25) is 5.75 Å². The average Bonchev–Trinajstić information content (AvgIpc) is 2.37. The van der Waals surface area contributed by atoms with Crippen LogP contribution in [0.1, 0.15) is 26.3 Å². The summed E-state index contributed by atoms with van der Waals surface area (Å²) in [4.78, 5) is 10.5. The Kier molecular flexibility index (Phi) is 4.91. The molecule has 0 fully saturated rings. The Bertz CT molecular complexity index is 543. The molecular formula is C12H18NO6P. The molecule has 0 aliphatic heterocycles. The predicted octanol–water partition coefficient (Wildman–Crippen LogP) is 3.67. The predicted molar refractivity (Wildman–Crippen MR) is 74.0 cm³/mol. The van der Waals surface area contributed by atoms with Crippen molar-refractivity contribution in [3.63, 3.8) is 0 Å². The maximum Gasteiger partial charge on any atom is 0.529 e. The lowest BCUT2D eigenvalue weighted by molar-refractivity contribution is -0.385. The van der Waals surface area contributed by atoms with Crippen LogP contribution in [0.5, 0.6) is 5.75 Å². The summed E-state index contributed by atoms with van der Waals surface area (Å²) in [6.07, 6.45) is 0. The van der Waals surface area contributed by atoms with E-state index < -0.39 is 12.7 Å². The molecule has 0 bridgehead atoms. The first-order chi connectivity index (χ1) is 9.13. The maximum atomic E-state index is 11.9. The molecule has 0 saturated heterocycles. The monoisotopic (exact) mass is 303 g/mol. The van der Waals surface area contributed by atoms with Crippen molar-refractivity contribution < 1.29 is 23.1 Å². The van der Waals surface area contributed by atoms with Crippen molar-refractivity contribution in [3.05, 3.63) is 33.9 Å². The second-order valence-electron chi connectivity index (χ2n) is 5.09. The van der Waals surface area contributed by atoms with Gasteiger partial charge in [0.05, 0.1) is 4.92 Å². The first-order valence-electron chi connectivity index (χ1n) is 5.83. The molecule has 1 aromatic rings. The highest BCUT2D eigenvalue weighted by Gasteiger charge is 2.30. The van der Waals surface area contributed by atoms with Gasteiger partial charge in [0.1, 0.15) is 0 Å². The Morgan fingerprint density at radius 2 is 1.75 bits per heavy atom. The van der Waals surface area contributed by atoms with Gasteiger partial charge in [0.15, 0.2) is 0 Å². The number of hydrogen-bond acceptors (Lipinski definition) is 6. The van der Waals surface area contributed by atoms with E-state index in [9.17, 15) is 14.7 Å². The number of nitro groups is 1. The van der Waals surface area contributed by atoms with Crippen molar-refractivity contribution in [2.24, 2.45) is 0 Å². The Hall–Kier alpha value is -1.43. The fourth-order valence-corrected chi connectivity index (χ4v) is 2.17. The van der Waals surface area contributed by atoms with Crippen molar-refractivity contribution in [2.75, 3.05) is 14.2 Å². The molecule has 0 aliphatic rings. The minimum Gasteiger partial charge on any atom is -0.397 e. The summed E-state index contributed by atoms with van der Waals surface area (Å²) in [6, 6.07) is 4.46. The molecule has 7 nitrogen and oxygen atoms in total. The molecule has 0 unspecified atom stereocenters. The third-order valence-electron chi connectivity index (χ3n) is 2.68. The minimum atomic E-state index is -3.83. The van der Waals surface area contributed by atoms with Crippen LogP contribution < -0.4 is 4.52 Å². The SMILES string of the molecule is COP(=O)(OC)Oc1ccc(C(C)(C)C)cc1[N+](=O)[O-]. The van der Waals surface area contributed by atoms with Crippen LogP contribution in [0.2, 0.25) is 0 Å². The first kappa shape index (κ1) is 16.6. The van der Waals surface area contributed by atoms with Crippen LogP contribution in [-0.4, -0.2) is 19.1 Å². The van der Waals surface area contributed by atoms with Crippen LogP contribution in [-0.2, 0) is 19.0 Å². The van der Waals surface area contributed by atoms with Crippen molar-refractivity contribution in [2.45, 2.75) is 26.2 Å². The minimum absolute atomic E-state index is 0.157. The van der Waals surface area contributed by atoms with Crippen LogP contribution in [0.25, 0.3) is 0 Å². The Balaban J connectivity index is 3.28. The topological polar surface area (TPSA) is 87.9 Å². The van der Waals surface area contributed by atoms with E-state index in [-0.39, 0.29) is 16.9 Å². The van der Waals surface area contributed by atoms with Crippen LogP contribution >= 0.6 is 7.82 Å². The normalized spacial score (nSPS) is 12.2. The summed E-state index contributed by atoms with van der Waals surface area (Å²) in [5.74, 6) is -0.157. The molecular weight excluding hydrogens is 285 g/mol. The number of benzene rings is 1. The van der Waals surface area contributed by atoms with Gasteiger partial charge in [0.25, 0.3) is 0 Å². The second-order valence-corrected chi connectivity index (χ2v) is 6.90. The highest BCUT2D eigenvalue weighted by Crippen LogP contribution is 2.50. The molecule has 0 aliphatic carbocycles. The molecule has 0 radical (unpaired) electrons. The van der Waals surface area contributed by atoms with Crippen LogP contribution in [0.4, 0.5) is 5.69 Å². The van der Waals surface area contributed by atoms with Crippen LogP contribution in [0, 0.1) is 10.1 Å². The summed E-state index contributed by atoms with van der Waals surface area (Å²) in [6.45, 7) is 5.80. The van der Waals surface area contributed by atoms with E-state index in [1.54, 1.807) is 6.07 Å². The van der Waals surface area contributed by atoms with E-state index >= 15 is 0 Å². The van der Waals surface area contributed by atoms with Gasteiger partial charge in [0, 0.05) is 20.3 Å². The Morgan fingerprint density at radius 3 is 2.15 bits per heavy atom. The molecule has 8 heteroatoms. The summed E-state index contributed by atoms with van der Waals surface area (Å²) < 4.78 is 26.1. The molecule has 0 heterocycles. The smallest absolute Gasteiger partial charge is 0.397 e. The zero-order valence-electron chi connectivity index (χ0n) is 12.1. The van der Waals surface area contributed by atoms with Gasteiger partial charge in [-0.2, -0.15) is 0 Å². The lowest BCUT2D eigenvalue weighted by Gasteiger charge is -2.20. The third-order valence-corrected chi connectivity index (χ3v) is 3.99. The van der Waals surface area contributed by atoms with Crippen molar-refractivity contribution in [1.29, 1.82) is 0 Å². The van der Waals surface area contributed by atoms with Crippen molar-refractivity contribution in [1.82, 2.24) is 0 Å². The number of hydrogen-bond donors (Lipinski definition) is 0. The summed E-state index contributed by atoms with van der Waals surface area (Å²) >= 11 is 0. The molecule has 0 spiro atoms. The van der Waals surface area contributed by atoms with Gasteiger partial charge in [-0.3, -0.25) is 19.2 Å². The van der Waals surface area contributed by atoms with E-state index in [1.807, 2.05) is 20.8 Å². The number of phosphoric acid groups is 1. The van der Waals surface area contributed by atoms with E-state index in [2.05, 4.69) is 9.05 Å². The third kappa shape index (κ3) is 3.79. The maximum absolute atomic E-state index is 11.9. The van der Waals surface area contributed by atoms with E-state index in [0.717, 1.165) is 19.8 Å². The fraction of sp³-hybridized carbons (Fsp3) is 0.500. The lowest BCUT2D eigenvalue weighted by Crippen LogP contribution is -2.11. The van der Waals surface area contributed by atoms with Gasteiger partial charge in [-0.15, -0.1) is 0 Å². The Morgan fingerprint density at radius 1 is 1.20 bits per heavy atom. The van der Waals surface area contributed by atoms with E-state index in [0.29, 0.717) is 0 Å². The molecule has 0 atom stereocenters. The summed E-state index contributed by atoms with van der Waals surface area (Å²) in [5, 5.41) is 11.1. The molecule has 1 rings (SSSR count). The molecule has 1 aromatic carbocycles. The number of nitro benzene ring substituents is 1. The van der Waals surface area contributed by atoms with Gasteiger partial charge in [-0.25, -0.2) is 4.57 Å². The van der Waals surface area contributed by atoms with E-state index in [4.69, 9.17) is 4.52 Å². The molecule has 0 saturated carbocycles. The van der Waals surface area contributed by atoms with Gasteiger partial charge in [-0.1, -0.05) is 26.8 Å². The second kappa shape index (κ2) is 5.91.